The Labute approximate surface area is 146 Å². The number of alkyl halides is 3. The van der Waals surface area contributed by atoms with Gasteiger partial charge >= 0.3 is 6.18 Å². The average molecular weight is 425 g/mol. The fraction of sp³-hybridized carbons (Fsp3) is 0.0714. The number of halogens is 11. The van der Waals surface area contributed by atoms with Crippen molar-refractivity contribution in [2.24, 2.45) is 5.73 Å². The van der Waals surface area contributed by atoms with Gasteiger partial charge in [-0.25, -0.2) is 17.6 Å². The van der Waals surface area contributed by atoms with Crippen molar-refractivity contribution in [1.82, 2.24) is 0 Å². The molecule has 0 atom stereocenters. The number of rotatable bonds is 3. The highest BCUT2D eigenvalue weighted by Crippen LogP contribution is 2.42. The Morgan fingerprint density at radius 1 is 0.643 bits per heavy atom. The topological polar surface area (TPSA) is 52.3 Å². The largest absolute Gasteiger partial charge is 0.444 e. The second-order valence-electron chi connectivity index (χ2n) is 4.88. The van der Waals surface area contributed by atoms with Gasteiger partial charge in [0.15, 0.2) is 23.3 Å². The smallest absolute Gasteiger partial charge is 0.422 e. The van der Waals surface area contributed by atoms with Crippen LogP contribution in [-0.2, 0) is 6.18 Å². The lowest BCUT2D eigenvalue weighted by Gasteiger charge is -2.16. The molecule has 0 aliphatic heterocycles. The van der Waals surface area contributed by atoms with E-state index in [1.807, 2.05) is 0 Å². The van der Waals surface area contributed by atoms with Crippen molar-refractivity contribution in [3.8, 4) is 11.5 Å². The summed E-state index contributed by atoms with van der Waals surface area (Å²) < 4.78 is 150. The third kappa shape index (κ3) is 3.18. The molecular formula is C14H2F11NO2. The lowest BCUT2D eigenvalue weighted by Crippen LogP contribution is -2.19. The predicted octanol–water partition coefficient (Wildman–Crippen LogP) is 4.71. The molecule has 3 nitrogen and oxygen atoms in total. The highest BCUT2D eigenvalue weighted by atomic mass is 19.4. The monoisotopic (exact) mass is 425 g/mol. The third-order valence-electron chi connectivity index (χ3n) is 3.18. The van der Waals surface area contributed by atoms with Crippen LogP contribution in [0.25, 0.3) is 0 Å². The van der Waals surface area contributed by atoms with E-state index in [1.165, 1.54) is 0 Å². The quantitative estimate of drug-likeness (QED) is 0.572. The molecule has 0 radical (unpaired) electrons. The van der Waals surface area contributed by atoms with Crippen LogP contribution in [0.1, 0.15) is 15.9 Å². The van der Waals surface area contributed by atoms with E-state index in [9.17, 15) is 53.1 Å². The Balaban J connectivity index is 2.77. The van der Waals surface area contributed by atoms with Crippen LogP contribution < -0.4 is 10.5 Å². The van der Waals surface area contributed by atoms with Crippen LogP contribution in [0.15, 0.2) is 0 Å². The molecule has 152 valence electrons. The van der Waals surface area contributed by atoms with Gasteiger partial charge in [0.1, 0.15) is 11.1 Å². The number of hydrogen-bond donors (Lipinski definition) is 1. The molecule has 0 spiro atoms. The fourth-order valence-corrected chi connectivity index (χ4v) is 1.97. The Bertz CT molecular complexity index is 942. The number of hydrogen-bond acceptors (Lipinski definition) is 2. The highest BCUT2D eigenvalue weighted by Gasteiger charge is 2.43. The van der Waals surface area contributed by atoms with Gasteiger partial charge in [0.2, 0.25) is 34.8 Å². The summed E-state index contributed by atoms with van der Waals surface area (Å²) in [6.45, 7) is 0. The zero-order valence-electron chi connectivity index (χ0n) is 12.6. The van der Waals surface area contributed by atoms with Crippen LogP contribution >= 0.6 is 0 Å². The van der Waals surface area contributed by atoms with Gasteiger partial charge in [-0.15, -0.1) is 0 Å². The summed E-state index contributed by atoms with van der Waals surface area (Å²) in [4.78, 5) is 10.8. The summed E-state index contributed by atoms with van der Waals surface area (Å²) in [5.74, 6) is -29.0. The van der Waals surface area contributed by atoms with Crippen molar-refractivity contribution in [1.29, 1.82) is 0 Å². The van der Waals surface area contributed by atoms with E-state index in [0.717, 1.165) is 0 Å². The van der Waals surface area contributed by atoms with Crippen molar-refractivity contribution in [2.45, 2.75) is 6.18 Å². The molecule has 2 N–H and O–H groups in total. The molecule has 0 unspecified atom stereocenters. The van der Waals surface area contributed by atoms with Crippen LogP contribution in [0.2, 0.25) is 0 Å². The van der Waals surface area contributed by atoms with E-state index in [1.54, 1.807) is 0 Å². The van der Waals surface area contributed by atoms with Crippen molar-refractivity contribution >= 4 is 5.91 Å². The molecule has 0 saturated heterocycles. The Hall–Kier alpha value is -3.06. The first kappa shape index (κ1) is 21.2. The normalized spacial score (nSPS) is 11.7. The van der Waals surface area contributed by atoms with Crippen LogP contribution in [0.4, 0.5) is 48.3 Å². The minimum Gasteiger partial charge on any atom is -0.444 e. The van der Waals surface area contributed by atoms with Crippen molar-refractivity contribution in [2.75, 3.05) is 0 Å². The molecule has 0 bridgehead atoms. The van der Waals surface area contributed by atoms with Crippen LogP contribution in [0.5, 0.6) is 11.5 Å². The Morgan fingerprint density at radius 2 is 0.964 bits per heavy atom. The van der Waals surface area contributed by atoms with Gasteiger partial charge in [-0.2, -0.15) is 30.7 Å². The van der Waals surface area contributed by atoms with E-state index in [0.29, 0.717) is 0 Å². The van der Waals surface area contributed by atoms with Gasteiger partial charge in [0, 0.05) is 0 Å². The average Bonchev–Trinajstić information content (AvgIpc) is 2.56. The highest BCUT2D eigenvalue weighted by molar-refractivity contribution is 5.93. The first-order valence-electron chi connectivity index (χ1n) is 6.48. The molecule has 0 aliphatic rings. The van der Waals surface area contributed by atoms with Crippen LogP contribution in [0.3, 0.4) is 0 Å². The first-order valence-corrected chi connectivity index (χ1v) is 6.48. The summed E-state index contributed by atoms with van der Waals surface area (Å²) >= 11 is 0. The lowest BCUT2D eigenvalue weighted by atomic mass is 10.1. The standard InChI is InChI=1S/C14H2F11NO2/c15-3-1(13(26)27)4(16)8(20)11(7(3)19)28-12-9(21)5(17)2(14(23,24)25)6(18)10(12)22/h(H2,26,27). The van der Waals surface area contributed by atoms with Gasteiger partial charge in [0.25, 0.3) is 5.91 Å². The number of primary amides is 1. The summed E-state index contributed by atoms with van der Waals surface area (Å²) in [7, 11) is 0. The van der Waals surface area contributed by atoms with Gasteiger partial charge in [-0.1, -0.05) is 0 Å². The maximum atomic E-state index is 13.8. The number of benzene rings is 2. The Morgan fingerprint density at radius 3 is 1.25 bits per heavy atom. The van der Waals surface area contributed by atoms with Crippen molar-refractivity contribution < 1.29 is 57.8 Å². The van der Waals surface area contributed by atoms with Gasteiger partial charge in [-0.05, 0) is 0 Å². The van der Waals surface area contributed by atoms with Crippen LogP contribution in [0, 0.1) is 46.5 Å². The summed E-state index contributed by atoms with van der Waals surface area (Å²) in [5.41, 5.74) is -0.513. The summed E-state index contributed by atoms with van der Waals surface area (Å²) in [6, 6.07) is 0. The van der Waals surface area contributed by atoms with E-state index in [2.05, 4.69) is 10.5 Å². The van der Waals surface area contributed by atoms with E-state index < -0.39 is 81.2 Å². The maximum Gasteiger partial charge on any atom is 0.422 e. The summed E-state index contributed by atoms with van der Waals surface area (Å²) in [6.07, 6.45) is -5.92. The Kier molecular flexibility index (Phi) is 5.18. The van der Waals surface area contributed by atoms with Gasteiger partial charge < -0.3 is 10.5 Å². The molecule has 0 aromatic heterocycles. The lowest BCUT2D eigenvalue weighted by molar-refractivity contribution is -0.143. The SMILES string of the molecule is NC(=O)c1c(F)c(F)c(Oc2c(F)c(F)c(C(F)(F)F)c(F)c2F)c(F)c1F. The third-order valence-corrected chi connectivity index (χ3v) is 3.18. The second-order valence-corrected chi connectivity index (χ2v) is 4.88. The minimum atomic E-state index is -5.92. The number of carbonyl (C=O) groups is 1. The van der Waals surface area contributed by atoms with Crippen molar-refractivity contribution in [3.05, 3.63) is 57.7 Å². The van der Waals surface area contributed by atoms with E-state index >= 15 is 0 Å². The maximum absolute atomic E-state index is 13.8. The molecule has 0 fully saturated rings. The number of nitrogens with two attached hydrogens (primary N) is 1. The molecule has 2 rings (SSSR count). The number of amides is 1. The zero-order valence-corrected chi connectivity index (χ0v) is 12.6. The molecule has 2 aromatic carbocycles. The second kappa shape index (κ2) is 6.83. The zero-order chi connectivity index (χ0) is 21.7. The molecule has 14 heteroatoms. The first-order chi connectivity index (χ1) is 12.7. The number of ether oxygens (including phenoxy) is 1. The van der Waals surface area contributed by atoms with E-state index in [-0.39, 0.29) is 0 Å². The molecule has 0 aliphatic carbocycles. The summed E-state index contributed by atoms with van der Waals surface area (Å²) in [5, 5.41) is 0. The number of carbonyl (C=O) groups excluding carboxylic acids is 1. The van der Waals surface area contributed by atoms with Crippen LogP contribution in [-0.4, -0.2) is 5.91 Å². The molecule has 0 saturated carbocycles. The van der Waals surface area contributed by atoms with Gasteiger partial charge in [-0.3, -0.25) is 4.79 Å². The predicted molar refractivity (Wildman–Crippen MR) is 66.1 cm³/mol. The van der Waals surface area contributed by atoms with Gasteiger partial charge in [0.05, 0.1) is 0 Å². The molecular weight excluding hydrogens is 423 g/mol. The molecule has 2 aromatic rings. The molecule has 1 amide bonds. The van der Waals surface area contributed by atoms with Crippen molar-refractivity contribution in [3.63, 3.8) is 0 Å². The fourth-order valence-electron chi connectivity index (χ4n) is 1.97. The molecule has 28 heavy (non-hydrogen) atoms. The molecule has 0 heterocycles. The van der Waals surface area contributed by atoms with E-state index in [4.69, 9.17) is 0 Å². The minimum absolute atomic E-state index is 1.96.